The molecule has 0 saturated carbocycles. The molecule has 1 heterocycles. The van der Waals surface area contributed by atoms with E-state index in [4.69, 9.17) is 0 Å². The van der Waals surface area contributed by atoms with Gasteiger partial charge in [-0.2, -0.15) is 13.2 Å². The zero-order valence-corrected chi connectivity index (χ0v) is 9.90. The van der Waals surface area contributed by atoms with Crippen LogP contribution in [-0.2, 0) is 0 Å². The molecule has 0 atom stereocenters. The summed E-state index contributed by atoms with van der Waals surface area (Å²) in [6.45, 7) is 0. The lowest BCUT2D eigenvalue weighted by Crippen LogP contribution is -1.98. The Balaban J connectivity index is 2.18. The van der Waals surface area contributed by atoms with Crippen molar-refractivity contribution in [3.63, 3.8) is 0 Å². The van der Waals surface area contributed by atoms with Gasteiger partial charge in [0.25, 0.3) is 0 Å². The average Bonchev–Trinajstić information content (AvgIpc) is 2.65. The molecule has 1 nitrogen and oxygen atoms in total. The second-order valence-electron chi connectivity index (χ2n) is 3.93. The first-order valence-corrected chi connectivity index (χ1v) is 6.11. The van der Waals surface area contributed by atoms with Gasteiger partial charge < -0.3 is 4.98 Å². The third-order valence-electron chi connectivity index (χ3n) is 2.71. The maximum atomic E-state index is 12.3. The number of alkyl halides is 3. The number of rotatable bonds is 1. The highest BCUT2D eigenvalue weighted by Gasteiger charge is 2.29. The highest BCUT2D eigenvalue weighted by molar-refractivity contribution is 8.00. The standard InChI is InChI=1S/C13H8F3NS/c14-13(15,16)18-8-5-6-12-10(7-8)9-3-1-2-4-11(9)17-12/h1-7,17H. The Labute approximate surface area is 105 Å². The van der Waals surface area contributed by atoms with Gasteiger partial charge in [0.2, 0.25) is 0 Å². The molecule has 1 N–H and O–H groups in total. The maximum Gasteiger partial charge on any atom is 0.446 e. The van der Waals surface area contributed by atoms with E-state index in [-0.39, 0.29) is 16.7 Å². The third-order valence-corrected chi connectivity index (χ3v) is 3.43. The highest BCUT2D eigenvalue weighted by atomic mass is 32.2. The van der Waals surface area contributed by atoms with Crippen LogP contribution in [-0.4, -0.2) is 10.5 Å². The molecule has 0 aliphatic carbocycles. The average molecular weight is 267 g/mol. The third kappa shape index (κ3) is 2.06. The minimum absolute atomic E-state index is 0.0864. The van der Waals surface area contributed by atoms with E-state index >= 15 is 0 Å². The lowest BCUT2D eigenvalue weighted by molar-refractivity contribution is -0.0328. The monoisotopic (exact) mass is 267 g/mol. The quantitative estimate of drug-likeness (QED) is 0.618. The van der Waals surface area contributed by atoms with Crippen molar-refractivity contribution in [2.75, 3.05) is 0 Å². The number of para-hydroxylation sites is 1. The predicted octanol–water partition coefficient (Wildman–Crippen LogP) is 4.93. The van der Waals surface area contributed by atoms with Crippen molar-refractivity contribution in [3.05, 3.63) is 42.5 Å². The summed E-state index contributed by atoms with van der Waals surface area (Å²) in [5.41, 5.74) is -2.47. The lowest BCUT2D eigenvalue weighted by atomic mass is 10.1. The Kier molecular flexibility index (Phi) is 2.52. The molecule has 0 bridgehead atoms. The molecule has 1 aromatic heterocycles. The summed E-state index contributed by atoms with van der Waals surface area (Å²) >= 11 is -0.0864. The second-order valence-corrected chi connectivity index (χ2v) is 5.06. The number of aromatic nitrogens is 1. The smallest absolute Gasteiger partial charge is 0.355 e. The van der Waals surface area contributed by atoms with Crippen LogP contribution in [0.1, 0.15) is 0 Å². The largest absolute Gasteiger partial charge is 0.446 e. The first-order valence-electron chi connectivity index (χ1n) is 5.29. The van der Waals surface area contributed by atoms with Gasteiger partial charge in [0, 0.05) is 26.7 Å². The first-order chi connectivity index (χ1) is 8.53. The minimum atomic E-state index is -4.25. The highest BCUT2D eigenvalue weighted by Crippen LogP contribution is 2.38. The summed E-state index contributed by atoms with van der Waals surface area (Å²) in [6, 6.07) is 12.3. The number of hydrogen-bond acceptors (Lipinski definition) is 1. The van der Waals surface area contributed by atoms with Crippen molar-refractivity contribution >= 4 is 33.6 Å². The Morgan fingerprint density at radius 3 is 2.39 bits per heavy atom. The lowest BCUT2D eigenvalue weighted by Gasteiger charge is -2.05. The van der Waals surface area contributed by atoms with E-state index in [1.54, 1.807) is 12.1 Å². The number of aromatic amines is 1. The van der Waals surface area contributed by atoms with Gasteiger partial charge in [0.1, 0.15) is 0 Å². The van der Waals surface area contributed by atoms with Crippen LogP contribution in [0.2, 0.25) is 0 Å². The molecule has 0 aliphatic heterocycles. The number of hydrogen-bond donors (Lipinski definition) is 1. The van der Waals surface area contributed by atoms with Crippen LogP contribution in [0.15, 0.2) is 47.4 Å². The second kappa shape index (κ2) is 3.95. The number of thioether (sulfide) groups is 1. The molecule has 2 aromatic carbocycles. The fraction of sp³-hybridized carbons (Fsp3) is 0.0769. The predicted molar refractivity (Wildman–Crippen MR) is 67.7 cm³/mol. The summed E-state index contributed by atoms with van der Waals surface area (Å²) in [5, 5.41) is 1.76. The molecule has 0 unspecified atom stereocenters. The van der Waals surface area contributed by atoms with E-state index in [1.807, 2.05) is 24.3 Å². The molecular formula is C13H8F3NS. The van der Waals surface area contributed by atoms with Crippen molar-refractivity contribution in [2.45, 2.75) is 10.4 Å². The zero-order valence-electron chi connectivity index (χ0n) is 9.08. The van der Waals surface area contributed by atoms with Gasteiger partial charge >= 0.3 is 5.51 Å². The summed E-state index contributed by atoms with van der Waals surface area (Å²) in [4.78, 5) is 3.39. The molecule has 0 spiro atoms. The van der Waals surface area contributed by atoms with Crippen molar-refractivity contribution in [1.29, 1.82) is 0 Å². The van der Waals surface area contributed by atoms with E-state index in [0.29, 0.717) is 0 Å². The molecule has 3 rings (SSSR count). The van der Waals surface area contributed by atoms with Gasteiger partial charge in [-0.3, -0.25) is 0 Å². The van der Waals surface area contributed by atoms with Gasteiger partial charge in [-0.25, -0.2) is 0 Å². The van der Waals surface area contributed by atoms with Crippen LogP contribution >= 0.6 is 11.8 Å². The van der Waals surface area contributed by atoms with Crippen LogP contribution in [0, 0.1) is 0 Å². The van der Waals surface area contributed by atoms with Gasteiger partial charge in [0.15, 0.2) is 0 Å². The van der Waals surface area contributed by atoms with Crippen molar-refractivity contribution in [1.82, 2.24) is 4.98 Å². The van der Waals surface area contributed by atoms with Gasteiger partial charge in [0.05, 0.1) is 0 Å². The summed E-state index contributed by atoms with van der Waals surface area (Å²) in [6.07, 6.45) is 0. The van der Waals surface area contributed by atoms with Crippen LogP contribution < -0.4 is 0 Å². The first kappa shape index (κ1) is 11.5. The molecule has 0 radical (unpaired) electrons. The summed E-state index contributed by atoms with van der Waals surface area (Å²) < 4.78 is 37.0. The van der Waals surface area contributed by atoms with Crippen molar-refractivity contribution < 1.29 is 13.2 Å². The number of fused-ring (bicyclic) bond motifs is 3. The normalized spacial score (nSPS) is 12.4. The SMILES string of the molecule is FC(F)(F)Sc1ccc2[nH]c3ccccc3c2c1. The molecule has 0 aliphatic rings. The number of halogens is 3. The molecule has 0 fully saturated rings. The fourth-order valence-corrected chi connectivity index (χ4v) is 2.60. The van der Waals surface area contributed by atoms with E-state index in [2.05, 4.69) is 4.98 Å². The molecular weight excluding hydrogens is 259 g/mol. The molecule has 5 heteroatoms. The molecule has 92 valence electrons. The van der Waals surface area contributed by atoms with Crippen LogP contribution in [0.4, 0.5) is 13.2 Å². The maximum absolute atomic E-state index is 12.3. The topological polar surface area (TPSA) is 15.8 Å². The molecule has 3 aromatic rings. The van der Waals surface area contributed by atoms with Crippen molar-refractivity contribution in [3.8, 4) is 0 Å². The Hall–Kier alpha value is -1.62. The van der Waals surface area contributed by atoms with Gasteiger partial charge in [-0.05, 0) is 36.0 Å². The molecule has 0 amide bonds. The zero-order chi connectivity index (χ0) is 12.8. The Morgan fingerprint density at radius 2 is 1.61 bits per heavy atom. The van der Waals surface area contributed by atoms with E-state index in [0.717, 1.165) is 21.8 Å². The number of benzene rings is 2. The van der Waals surface area contributed by atoms with Crippen molar-refractivity contribution in [2.24, 2.45) is 0 Å². The van der Waals surface area contributed by atoms with Gasteiger partial charge in [-0.15, -0.1) is 0 Å². The fourth-order valence-electron chi connectivity index (χ4n) is 2.02. The summed E-state index contributed by atoms with van der Waals surface area (Å²) in [5.74, 6) is 0. The minimum Gasteiger partial charge on any atom is -0.355 e. The van der Waals surface area contributed by atoms with E-state index < -0.39 is 5.51 Å². The van der Waals surface area contributed by atoms with Crippen LogP contribution in [0.3, 0.4) is 0 Å². The van der Waals surface area contributed by atoms with Crippen LogP contribution in [0.5, 0.6) is 0 Å². The van der Waals surface area contributed by atoms with E-state index in [9.17, 15) is 13.2 Å². The van der Waals surface area contributed by atoms with E-state index in [1.165, 1.54) is 6.07 Å². The Morgan fingerprint density at radius 1 is 0.889 bits per heavy atom. The molecule has 0 saturated heterocycles. The summed E-state index contributed by atoms with van der Waals surface area (Å²) in [7, 11) is 0. The Bertz CT molecular complexity index is 715. The van der Waals surface area contributed by atoms with Gasteiger partial charge in [-0.1, -0.05) is 18.2 Å². The number of H-pyrrole nitrogens is 1. The molecule has 18 heavy (non-hydrogen) atoms. The van der Waals surface area contributed by atoms with Crippen LogP contribution in [0.25, 0.3) is 21.8 Å². The number of nitrogens with one attached hydrogen (secondary N) is 1.